The highest BCUT2D eigenvalue weighted by molar-refractivity contribution is 5.28. The first kappa shape index (κ1) is 13.1. The number of rotatable bonds is 3. The molecule has 1 aliphatic heterocycles. The van der Waals surface area contributed by atoms with Gasteiger partial charge >= 0.3 is 0 Å². The number of hydrogen-bond donors (Lipinski definition) is 0. The van der Waals surface area contributed by atoms with Crippen LogP contribution in [0.15, 0.2) is 48.5 Å². The average Bonchev–Trinajstić information content (AvgIpc) is 2.98. The van der Waals surface area contributed by atoms with E-state index in [1.165, 1.54) is 5.56 Å². The van der Waals surface area contributed by atoms with Crippen LogP contribution in [0.5, 0.6) is 5.75 Å². The summed E-state index contributed by atoms with van der Waals surface area (Å²) < 4.78 is 10.9. The summed E-state index contributed by atoms with van der Waals surface area (Å²) in [6.45, 7) is 2.04. The van der Waals surface area contributed by atoms with Crippen LogP contribution in [0.1, 0.15) is 29.3 Å². The maximum absolute atomic E-state index is 5.76. The lowest BCUT2D eigenvalue weighted by Gasteiger charge is -2.09. The Morgan fingerprint density at radius 3 is 1.80 bits per heavy atom. The zero-order valence-electron chi connectivity index (χ0n) is 11.4. The lowest BCUT2D eigenvalue weighted by atomic mass is 10.1. The van der Waals surface area contributed by atoms with Crippen LogP contribution in [0.3, 0.4) is 0 Å². The Kier molecular flexibility index (Phi) is 3.69. The number of benzene rings is 2. The van der Waals surface area contributed by atoms with Crippen molar-refractivity contribution in [2.24, 2.45) is 0 Å². The first-order valence-electron chi connectivity index (χ1n) is 6.44. The van der Waals surface area contributed by atoms with Crippen LogP contribution in [0, 0.1) is 6.92 Å². The van der Waals surface area contributed by atoms with Crippen molar-refractivity contribution in [1.82, 2.24) is 0 Å². The first-order chi connectivity index (χ1) is 9.76. The van der Waals surface area contributed by atoms with E-state index in [-0.39, 0.29) is 0 Å². The molecule has 4 heteroatoms. The van der Waals surface area contributed by atoms with Gasteiger partial charge in [0, 0.05) is 11.1 Å². The van der Waals surface area contributed by atoms with Gasteiger partial charge in [-0.15, -0.1) is 0 Å². The van der Waals surface area contributed by atoms with Crippen molar-refractivity contribution >= 4 is 0 Å². The average molecular weight is 272 g/mol. The maximum Gasteiger partial charge on any atom is 0.220 e. The van der Waals surface area contributed by atoms with Gasteiger partial charge in [-0.3, -0.25) is 0 Å². The van der Waals surface area contributed by atoms with E-state index in [2.05, 4.69) is 0 Å². The normalized spacial score (nSPS) is 21.9. The molecular weight excluding hydrogens is 256 g/mol. The molecular formula is C16H16O4. The van der Waals surface area contributed by atoms with E-state index in [0.29, 0.717) is 0 Å². The summed E-state index contributed by atoms with van der Waals surface area (Å²) in [6, 6.07) is 15.5. The number of aryl methyl sites for hydroxylation is 1. The Morgan fingerprint density at radius 2 is 1.30 bits per heavy atom. The molecule has 1 saturated heterocycles. The number of hydrogen-bond acceptors (Lipinski definition) is 4. The van der Waals surface area contributed by atoms with Gasteiger partial charge in [0.1, 0.15) is 5.75 Å². The summed E-state index contributed by atoms with van der Waals surface area (Å²) in [7, 11) is 1.63. The fourth-order valence-electron chi connectivity index (χ4n) is 2.01. The van der Waals surface area contributed by atoms with Crippen LogP contribution < -0.4 is 4.74 Å². The Hall–Kier alpha value is -1.88. The van der Waals surface area contributed by atoms with Crippen LogP contribution in [0.4, 0.5) is 0 Å². The predicted octanol–water partition coefficient (Wildman–Crippen LogP) is 3.68. The van der Waals surface area contributed by atoms with E-state index in [0.717, 1.165) is 16.9 Å². The van der Waals surface area contributed by atoms with Crippen LogP contribution in [0.25, 0.3) is 0 Å². The summed E-state index contributed by atoms with van der Waals surface area (Å²) >= 11 is 0. The summed E-state index contributed by atoms with van der Waals surface area (Å²) in [6.07, 6.45) is -1.02. The maximum atomic E-state index is 5.76. The monoisotopic (exact) mass is 272 g/mol. The van der Waals surface area contributed by atoms with Crippen molar-refractivity contribution in [2.45, 2.75) is 19.5 Å². The zero-order valence-corrected chi connectivity index (χ0v) is 11.4. The Balaban J connectivity index is 1.71. The summed E-state index contributed by atoms with van der Waals surface area (Å²) in [5.74, 6) is 0.794. The van der Waals surface area contributed by atoms with Crippen molar-refractivity contribution in [2.75, 3.05) is 7.11 Å². The molecule has 4 nitrogen and oxygen atoms in total. The number of ether oxygens (including phenoxy) is 2. The quantitative estimate of drug-likeness (QED) is 0.799. The van der Waals surface area contributed by atoms with E-state index in [1.807, 2.05) is 55.5 Å². The van der Waals surface area contributed by atoms with Gasteiger partial charge < -0.3 is 9.47 Å². The third-order valence-corrected chi connectivity index (χ3v) is 3.22. The lowest BCUT2D eigenvalue weighted by molar-refractivity contribution is -0.300. The van der Waals surface area contributed by atoms with Gasteiger partial charge in [-0.2, -0.15) is 9.78 Å². The second kappa shape index (κ2) is 5.63. The fraction of sp³-hybridized carbons (Fsp3) is 0.250. The Bertz CT molecular complexity index is 562. The standard InChI is InChI=1S/C16H16O4/c1-11-3-5-12(6-4-11)15-18-16(20-19-15)13-7-9-14(17-2)10-8-13/h3-10,15-16H,1-2H3. The highest BCUT2D eigenvalue weighted by atomic mass is 17.3. The highest BCUT2D eigenvalue weighted by Crippen LogP contribution is 2.36. The van der Waals surface area contributed by atoms with Crippen LogP contribution in [-0.4, -0.2) is 7.11 Å². The van der Waals surface area contributed by atoms with Gasteiger partial charge in [0.05, 0.1) is 7.11 Å². The topological polar surface area (TPSA) is 36.9 Å². The smallest absolute Gasteiger partial charge is 0.220 e. The molecule has 0 aromatic heterocycles. The summed E-state index contributed by atoms with van der Waals surface area (Å²) in [5, 5.41) is 0. The second-order valence-corrected chi connectivity index (χ2v) is 4.68. The SMILES string of the molecule is COc1ccc(C2OOC(c3ccc(C)cc3)O2)cc1. The molecule has 0 radical (unpaired) electrons. The third kappa shape index (κ3) is 2.67. The Morgan fingerprint density at radius 1 is 0.800 bits per heavy atom. The third-order valence-electron chi connectivity index (χ3n) is 3.22. The Labute approximate surface area is 117 Å². The molecule has 0 spiro atoms. The minimum absolute atomic E-state index is 0.497. The molecule has 0 saturated carbocycles. The van der Waals surface area contributed by atoms with Crippen molar-refractivity contribution in [3.05, 3.63) is 65.2 Å². The molecule has 0 bridgehead atoms. The van der Waals surface area contributed by atoms with Crippen molar-refractivity contribution in [1.29, 1.82) is 0 Å². The fourth-order valence-corrected chi connectivity index (χ4v) is 2.01. The summed E-state index contributed by atoms with van der Waals surface area (Å²) in [4.78, 5) is 10.5. The summed E-state index contributed by atoms with van der Waals surface area (Å²) in [5.41, 5.74) is 3.02. The molecule has 0 amide bonds. The van der Waals surface area contributed by atoms with Gasteiger partial charge in [-0.1, -0.05) is 42.0 Å². The molecule has 2 aromatic carbocycles. The zero-order chi connectivity index (χ0) is 13.9. The minimum atomic E-state index is -0.521. The second-order valence-electron chi connectivity index (χ2n) is 4.68. The lowest BCUT2D eigenvalue weighted by Crippen LogP contribution is -2.00. The first-order valence-corrected chi connectivity index (χ1v) is 6.44. The van der Waals surface area contributed by atoms with E-state index < -0.39 is 12.6 Å². The minimum Gasteiger partial charge on any atom is -0.497 e. The van der Waals surface area contributed by atoms with Gasteiger partial charge in [0.15, 0.2) is 0 Å². The molecule has 2 aromatic rings. The predicted molar refractivity (Wildman–Crippen MR) is 72.9 cm³/mol. The van der Waals surface area contributed by atoms with E-state index >= 15 is 0 Å². The molecule has 1 fully saturated rings. The molecule has 104 valence electrons. The molecule has 2 atom stereocenters. The molecule has 1 heterocycles. The van der Waals surface area contributed by atoms with E-state index in [4.69, 9.17) is 19.2 Å². The molecule has 1 aliphatic rings. The highest BCUT2D eigenvalue weighted by Gasteiger charge is 2.30. The van der Waals surface area contributed by atoms with Crippen molar-refractivity contribution in [3.8, 4) is 5.75 Å². The van der Waals surface area contributed by atoms with E-state index in [1.54, 1.807) is 7.11 Å². The van der Waals surface area contributed by atoms with Gasteiger partial charge in [-0.25, -0.2) is 0 Å². The van der Waals surface area contributed by atoms with Crippen LogP contribution in [-0.2, 0) is 14.5 Å². The molecule has 0 N–H and O–H groups in total. The van der Waals surface area contributed by atoms with Crippen LogP contribution in [0.2, 0.25) is 0 Å². The molecule has 20 heavy (non-hydrogen) atoms. The molecule has 0 aliphatic carbocycles. The number of methoxy groups -OCH3 is 1. The largest absolute Gasteiger partial charge is 0.497 e. The molecule has 2 unspecified atom stereocenters. The van der Waals surface area contributed by atoms with Gasteiger partial charge in [0.2, 0.25) is 12.6 Å². The van der Waals surface area contributed by atoms with Gasteiger partial charge in [-0.05, 0) is 19.1 Å². The molecule has 3 rings (SSSR count). The van der Waals surface area contributed by atoms with Gasteiger partial charge in [0.25, 0.3) is 0 Å². The van der Waals surface area contributed by atoms with Crippen LogP contribution >= 0.6 is 0 Å². The van der Waals surface area contributed by atoms with E-state index in [9.17, 15) is 0 Å². The van der Waals surface area contributed by atoms with Crippen molar-refractivity contribution in [3.63, 3.8) is 0 Å². The van der Waals surface area contributed by atoms with Crippen molar-refractivity contribution < 1.29 is 19.2 Å².